The van der Waals surface area contributed by atoms with Crippen molar-refractivity contribution in [2.24, 2.45) is 0 Å². The van der Waals surface area contributed by atoms with Crippen molar-refractivity contribution < 1.29 is 14.3 Å². The molecule has 15 heavy (non-hydrogen) atoms. The van der Waals surface area contributed by atoms with E-state index in [9.17, 15) is 4.79 Å². The molecule has 4 heteroatoms. The van der Waals surface area contributed by atoms with E-state index in [-0.39, 0.29) is 5.91 Å². The van der Waals surface area contributed by atoms with Crippen molar-refractivity contribution in [3.05, 3.63) is 35.9 Å². The maximum absolute atomic E-state index is 11.6. The van der Waals surface area contributed by atoms with Crippen LogP contribution in [0.25, 0.3) is 0 Å². The van der Waals surface area contributed by atoms with Crippen LogP contribution in [0.1, 0.15) is 10.4 Å². The Morgan fingerprint density at radius 1 is 1.27 bits per heavy atom. The summed E-state index contributed by atoms with van der Waals surface area (Å²) in [6.45, 7) is 0.334. The lowest BCUT2D eigenvalue weighted by Crippen LogP contribution is -2.34. The molecule has 0 atom stereocenters. The molecule has 1 rings (SSSR count). The second kappa shape index (κ2) is 6.16. The average molecular weight is 209 g/mol. The molecule has 0 spiro atoms. The van der Waals surface area contributed by atoms with E-state index in [4.69, 9.17) is 9.47 Å². The zero-order valence-corrected chi connectivity index (χ0v) is 8.90. The van der Waals surface area contributed by atoms with Crippen LogP contribution in [0.3, 0.4) is 0 Å². The first kappa shape index (κ1) is 11.7. The van der Waals surface area contributed by atoms with Gasteiger partial charge in [-0.05, 0) is 12.1 Å². The highest BCUT2D eigenvalue weighted by molar-refractivity contribution is 5.94. The predicted octanol–water partition coefficient (Wildman–Crippen LogP) is 1.04. The Kier molecular flexibility index (Phi) is 4.80. The van der Waals surface area contributed by atoms with E-state index in [2.05, 4.69) is 5.32 Å². The van der Waals surface area contributed by atoms with Crippen molar-refractivity contribution in [2.45, 2.75) is 6.29 Å². The number of benzene rings is 1. The van der Waals surface area contributed by atoms with Crippen molar-refractivity contribution >= 4 is 5.91 Å². The lowest BCUT2D eigenvalue weighted by molar-refractivity contribution is -0.0974. The molecule has 1 N–H and O–H groups in total. The monoisotopic (exact) mass is 209 g/mol. The minimum atomic E-state index is -0.405. The summed E-state index contributed by atoms with van der Waals surface area (Å²) in [5.41, 5.74) is 0.628. The van der Waals surface area contributed by atoms with Gasteiger partial charge in [-0.1, -0.05) is 18.2 Å². The molecule has 0 aliphatic heterocycles. The van der Waals surface area contributed by atoms with Gasteiger partial charge in [-0.2, -0.15) is 0 Å². The lowest BCUT2D eigenvalue weighted by Gasteiger charge is -2.13. The van der Waals surface area contributed by atoms with Crippen LogP contribution in [-0.2, 0) is 9.47 Å². The van der Waals surface area contributed by atoms with Crippen molar-refractivity contribution in [1.82, 2.24) is 5.32 Å². The number of hydrogen-bond donors (Lipinski definition) is 1. The molecule has 1 amide bonds. The maximum atomic E-state index is 11.6. The molecule has 1 aromatic rings. The molecule has 0 aliphatic carbocycles. The summed E-state index contributed by atoms with van der Waals surface area (Å²) in [6, 6.07) is 9.01. The third kappa shape index (κ3) is 3.69. The number of nitrogens with one attached hydrogen (secondary N) is 1. The standard InChI is InChI=1S/C11H15NO3/c1-14-10(15-2)8-12-11(13)9-6-4-3-5-7-9/h3-7,10H,8H2,1-2H3,(H,12,13). The summed E-state index contributed by atoms with van der Waals surface area (Å²) in [7, 11) is 3.06. The fraction of sp³-hybridized carbons (Fsp3) is 0.364. The van der Waals surface area contributed by atoms with Crippen LogP contribution in [0.4, 0.5) is 0 Å². The van der Waals surface area contributed by atoms with E-state index in [1.807, 2.05) is 18.2 Å². The second-order valence-corrected chi connectivity index (χ2v) is 2.98. The normalized spacial score (nSPS) is 10.3. The van der Waals surface area contributed by atoms with Crippen LogP contribution in [0.5, 0.6) is 0 Å². The molecule has 0 saturated carbocycles. The number of carbonyl (C=O) groups is 1. The van der Waals surface area contributed by atoms with Gasteiger partial charge in [0.15, 0.2) is 6.29 Å². The Morgan fingerprint density at radius 2 is 1.87 bits per heavy atom. The molecule has 0 radical (unpaired) electrons. The van der Waals surface area contributed by atoms with Crippen molar-refractivity contribution in [2.75, 3.05) is 20.8 Å². The van der Waals surface area contributed by atoms with Crippen LogP contribution in [0.15, 0.2) is 30.3 Å². The maximum Gasteiger partial charge on any atom is 0.251 e. The van der Waals surface area contributed by atoms with E-state index in [0.717, 1.165) is 0 Å². The van der Waals surface area contributed by atoms with Gasteiger partial charge in [-0.15, -0.1) is 0 Å². The molecule has 1 aromatic carbocycles. The Balaban J connectivity index is 2.43. The predicted molar refractivity (Wildman–Crippen MR) is 56.6 cm³/mol. The van der Waals surface area contributed by atoms with Gasteiger partial charge in [0.05, 0.1) is 6.54 Å². The SMILES string of the molecule is COC(CNC(=O)c1ccccc1)OC. The van der Waals surface area contributed by atoms with Crippen LogP contribution in [-0.4, -0.2) is 33.0 Å². The van der Waals surface area contributed by atoms with Gasteiger partial charge in [0.2, 0.25) is 0 Å². The summed E-state index contributed by atoms with van der Waals surface area (Å²) in [5, 5.41) is 2.71. The smallest absolute Gasteiger partial charge is 0.251 e. The molecule has 0 heterocycles. The van der Waals surface area contributed by atoms with Crippen molar-refractivity contribution in [3.8, 4) is 0 Å². The zero-order chi connectivity index (χ0) is 11.1. The fourth-order valence-electron chi connectivity index (χ4n) is 1.13. The van der Waals surface area contributed by atoms with Gasteiger partial charge in [0.25, 0.3) is 5.91 Å². The van der Waals surface area contributed by atoms with Crippen molar-refractivity contribution in [1.29, 1.82) is 0 Å². The Labute approximate surface area is 89.2 Å². The molecule has 4 nitrogen and oxygen atoms in total. The molecule has 82 valence electrons. The van der Waals surface area contributed by atoms with Gasteiger partial charge < -0.3 is 14.8 Å². The largest absolute Gasteiger partial charge is 0.354 e. The van der Waals surface area contributed by atoms with E-state index in [1.54, 1.807) is 12.1 Å². The van der Waals surface area contributed by atoms with Gasteiger partial charge in [0, 0.05) is 19.8 Å². The first-order chi connectivity index (χ1) is 7.27. The van der Waals surface area contributed by atoms with Crippen LogP contribution < -0.4 is 5.32 Å². The number of rotatable bonds is 5. The molecular weight excluding hydrogens is 194 g/mol. The van der Waals surface area contributed by atoms with Gasteiger partial charge in [-0.25, -0.2) is 0 Å². The minimum absolute atomic E-state index is 0.130. The van der Waals surface area contributed by atoms with E-state index >= 15 is 0 Å². The van der Waals surface area contributed by atoms with Crippen LogP contribution in [0, 0.1) is 0 Å². The Bertz CT molecular complexity index is 296. The lowest BCUT2D eigenvalue weighted by atomic mass is 10.2. The first-order valence-corrected chi connectivity index (χ1v) is 4.66. The number of hydrogen-bond acceptors (Lipinski definition) is 3. The van der Waals surface area contributed by atoms with E-state index in [1.165, 1.54) is 14.2 Å². The summed E-state index contributed by atoms with van der Waals surface area (Å²) < 4.78 is 9.90. The molecule has 0 bridgehead atoms. The second-order valence-electron chi connectivity index (χ2n) is 2.98. The van der Waals surface area contributed by atoms with Gasteiger partial charge >= 0.3 is 0 Å². The molecule has 0 fully saturated rings. The van der Waals surface area contributed by atoms with E-state index in [0.29, 0.717) is 12.1 Å². The molecular formula is C11H15NO3. The zero-order valence-electron chi connectivity index (χ0n) is 8.90. The van der Waals surface area contributed by atoms with Crippen LogP contribution in [0.2, 0.25) is 0 Å². The van der Waals surface area contributed by atoms with Crippen LogP contribution >= 0.6 is 0 Å². The third-order valence-corrected chi connectivity index (χ3v) is 1.99. The summed E-state index contributed by atoms with van der Waals surface area (Å²) >= 11 is 0. The Morgan fingerprint density at radius 3 is 2.40 bits per heavy atom. The van der Waals surface area contributed by atoms with Gasteiger partial charge in [0.1, 0.15) is 0 Å². The molecule has 0 unspecified atom stereocenters. The third-order valence-electron chi connectivity index (χ3n) is 1.99. The highest BCUT2D eigenvalue weighted by Crippen LogP contribution is 1.98. The highest BCUT2D eigenvalue weighted by atomic mass is 16.7. The fourth-order valence-corrected chi connectivity index (χ4v) is 1.13. The molecule has 0 aromatic heterocycles. The average Bonchev–Trinajstić information content (AvgIpc) is 2.31. The number of amides is 1. The summed E-state index contributed by atoms with van der Waals surface area (Å²) in [5.74, 6) is -0.130. The van der Waals surface area contributed by atoms with E-state index < -0.39 is 6.29 Å². The summed E-state index contributed by atoms with van der Waals surface area (Å²) in [6.07, 6.45) is -0.405. The molecule has 0 aliphatic rings. The number of carbonyl (C=O) groups excluding carboxylic acids is 1. The topological polar surface area (TPSA) is 47.6 Å². The first-order valence-electron chi connectivity index (χ1n) is 4.66. The highest BCUT2D eigenvalue weighted by Gasteiger charge is 2.08. The van der Waals surface area contributed by atoms with Crippen molar-refractivity contribution in [3.63, 3.8) is 0 Å². The number of methoxy groups -OCH3 is 2. The molecule has 0 saturated heterocycles. The summed E-state index contributed by atoms with van der Waals surface area (Å²) in [4.78, 5) is 11.6. The quantitative estimate of drug-likeness (QED) is 0.737. The van der Waals surface area contributed by atoms with Gasteiger partial charge in [-0.3, -0.25) is 4.79 Å². The number of ether oxygens (including phenoxy) is 2. The minimum Gasteiger partial charge on any atom is -0.354 e. The Hall–Kier alpha value is -1.39.